The Bertz CT molecular complexity index is 105. The average molecular weight is 141 g/mol. The van der Waals surface area contributed by atoms with Crippen LogP contribution in [-0.4, -0.2) is 37.4 Å². The topological polar surface area (TPSA) is 27.6 Å². The van der Waals surface area contributed by atoms with Crippen LogP contribution in [0.5, 0.6) is 0 Å². The summed E-state index contributed by atoms with van der Waals surface area (Å²) in [6.45, 7) is 6.35. The maximum Gasteiger partial charge on any atom is 0.0485 e. The lowest BCUT2D eigenvalue weighted by Gasteiger charge is -2.24. The summed E-state index contributed by atoms with van der Waals surface area (Å²) < 4.78 is 0. The molecule has 0 amide bonds. The normalized spacial score (nSPS) is 20.3. The van der Waals surface area contributed by atoms with Crippen LogP contribution in [0.25, 0.3) is 0 Å². The highest BCUT2D eigenvalue weighted by molar-refractivity contribution is 5.56. The quantitative estimate of drug-likeness (QED) is 0.560. The summed E-state index contributed by atoms with van der Waals surface area (Å²) in [5.74, 6) is 0. The second-order valence-corrected chi connectivity index (χ2v) is 2.41. The smallest absolute Gasteiger partial charge is 0.0485 e. The van der Waals surface area contributed by atoms with Crippen molar-refractivity contribution in [3.8, 4) is 0 Å². The van der Waals surface area contributed by atoms with E-state index in [0.717, 1.165) is 32.6 Å². The Kier molecular flexibility index (Phi) is 3.22. The molecule has 0 aromatic heterocycles. The van der Waals surface area contributed by atoms with Gasteiger partial charge in [0, 0.05) is 32.4 Å². The Morgan fingerprint density at radius 2 is 2.20 bits per heavy atom. The van der Waals surface area contributed by atoms with Gasteiger partial charge in [-0.3, -0.25) is 5.01 Å². The third-order valence-corrected chi connectivity index (χ3v) is 1.52. The van der Waals surface area contributed by atoms with Crippen molar-refractivity contribution in [1.29, 1.82) is 0 Å². The second-order valence-electron chi connectivity index (χ2n) is 2.41. The lowest BCUT2D eigenvalue weighted by atomic mass is 10.4. The lowest BCUT2D eigenvalue weighted by Crippen LogP contribution is -2.40. The van der Waals surface area contributed by atoms with Crippen LogP contribution in [0.15, 0.2) is 5.10 Å². The van der Waals surface area contributed by atoms with Crippen LogP contribution in [0, 0.1) is 0 Å². The molecule has 10 heavy (non-hydrogen) atoms. The zero-order valence-corrected chi connectivity index (χ0v) is 6.51. The SMILES string of the molecule is CCC=NN1CCNCC1. The fourth-order valence-electron chi connectivity index (χ4n) is 0.966. The second kappa shape index (κ2) is 4.28. The van der Waals surface area contributed by atoms with E-state index in [4.69, 9.17) is 0 Å². The molecule has 3 nitrogen and oxygen atoms in total. The van der Waals surface area contributed by atoms with Crippen molar-refractivity contribution < 1.29 is 0 Å². The van der Waals surface area contributed by atoms with Gasteiger partial charge in [-0.25, -0.2) is 0 Å². The summed E-state index contributed by atoms with van der Waals surface area (Å²) >= 11 is 0. The molecule has 0 aliphatic carbocycles. The summed E-state index contributed by atoms with van der Waals surface area (Å²) in [5, 5.41) is 9.66. The van der Waals surface area contributed by atoms with Crippen LogP contribution < -0.4 is 5.32 Å². The van der Waals surface area contributed by atoms with Gasteiger partial charge < -0.3 is 5.32 Å². The minimum absolute atomic E-state index is 1.03. The number of hydrogen-bond acceptors (Lipinski definition) is 3. The molecule has 0 aromatic carbocycles. The molecule has 0 spiro atoms. The van der Waals surface area contributed by atoms with Crippen LogP contribution in [-0.2, 0) is 0 Å². The average Bonchev–Trinajstić information content (AvgIpc) is 2.03. The molecule has 0 unspecified atom stereocenters. The molecule has 1 rings (SSSR count). The molecule has 1 aliphatic heterocycles. The predicted molar refractivity (Wildman–Crippen MR) is 43.2 cm³/mol. The molecule has 1 fully saturated rings. The third kappa shape index (κ3) is 2.35. The molecule has 1 heterocycles. The fourth-order valence-corrected chi connectivity index (χ4v) is 0.966. The Balaban J connectivity index is 2.19. The van der Waals surface area contributed by atoms with Crippen LogP contribution in [0.1, 0.15) is 13.3 Å². The summed E-state index contributed by atoms with van der Waals surface area (Å²) in [6, 6.07) is 0. The molecule has 0 radical (unpaired) electrons. The number of nitrogens with zero attached hydrogens (tertiary/aromatic N) is 2. The highest BCUT2D eigenvalue weighted by atomic mass is 15.5. The van der Waals surface area contributed by atoms with E-state index >= 15 is 0 Å². The molecular formula is C7H15N3. The summed E-state index contributed by atoms with van der Waals surface area (Å²) in [7, 11) is 0. The number of hydrazone groups is 1. The van der Waals surface area contributed by atoms with Crippen molar-refractivity contribution in [2.45, 2.75) is 13.3 Å². The predicted octanol–water partition coefficient (Wildman–Crippen LogP) is 0.287. The monoisotopic (exact) mass is 141 g/mol. The van der Waals surface area contributed by atoms with Gasteiger partial charge in [0.15, 0.2) is 0 Å². The highest BCUT2D eigenvalue weighted by Crippen LogP contribution is 1.91. The number of piperazine rings is 1. The Morgan fingerprint density at radius 3 is 2.80 bits per heavy atom. The van der Waals surface area contributed by atoms with E-state index in [9.17, 15) is 0 Å². The van der Waals surface area contributed by atoms with E-state index in [0.29, 0.717) is 0 Å². The fraction of sp³-hybridized carbons (Fsp3) is 0.857. The lowest BCUT2D eigenvalue weighted by molar-refractivity contribution is 0.253. The number of rotatable bonds is 2. The molecule has 0 bridgehead atoms. The molecule has 1 N–H and O–H groups in total. The first kappa shape index (κ1) is 7.54. The molecule has 3 heteroatoms. The van der Waals surface area contributed by atoms with Gasteiger partial charge in [-0.05, 0) is 6.42 Å². The van der Waals surface area contributed by atoms with Crippen molar-refractivity contribution >= 4 is 6.21 Å². The van der Waals surface area contributed by atoms with E-state index in [1.54, 1.807) is 0 Å². The van der Waals surface area contributed by atoms with Gasteiger partial charge in [0.2, 0.25) is 0 Å². The first-order valence-electron chi connectivity index (χ1n) is 3.91. The van der Waals surface area contributed by atoms with Crippen LogP contribution in [0.3, 0.4) is 0 Å². The van der Waals surface area contributed by atoms with Crippen LogP contribution >= 0.6 is 0 Å². The Labute approximate surface area is 62.1 Å². The van der Waals surface area contributed by atoms with Crippen LogP contribution in [0.2, 0.25) is 0 Å². The first-order chi connectivity index (χ1) is 4.93. The molecule has 1 aliphatic rings. The minimum atomic E-state index is 1.03. The zero-order valence-electron chi connectivity index (χ0n) is 6.51. The van der Waals surface area contributed by atoms with Gasteiger partial charge in [0.1, 0.15) is 0 Å². The first-order valence-corrected chi connectivity index (χ1v) is 3.91. The van der Waals surface area contributed by atoms with Gasteiger partial charge in [-0.1, -0.05) is 6.92 Å². The maximum absolute atomic E-state index is 4.27. The number of hydrogen-bond donors (Lipinski definition) is 1. The minimum Gasteiger partial charge on any atom is -0.313 e. The van der Waals surface area contributed by atoms with Crippen molar-refractivity contribution in [1.82, 2.24) is 10.3 Å². The van der Waals surface area contributed by atoms with Gasteiger partial charge >= 0.3 is 0 Å². The highest BCUT2D eigenvalue weighted by Gasteiger charge is 2.03. The van der Waals surface area contributed by atoms with Gasteiger partial charge in [-0.2, -0.15) is 5.10 Å². The van der Waals surface area contributed by atoms with Crippen molar-refractivity contribution in [2.75, 3.05) is 26.2 Å². The third-order valence-electron chi connectivity index (χ3n) is 1.52. The standard InChI is InChI=1S/C7H15N3/c1-2-3-9-10-6-4-8-5-7-10/h3,8H,2,4-7H2,1H3. The summed E-state index contributed by atoms with van der Waals surface area (Å²) in [4.78, 5) is 0. The van der Waals surface area contributed by atoms with Gasteiger partial charge in [-0.15, -0.1) is 0 Å². The Hall–Kier alpha value is -0.570. The van der Waals surface area contributed by atoms with E-state index in [-0.39, 0.29) is 0 Å². The van der Waals surface area contributed by atoms with Crippen molar-refractivity contribution in [3.05, 3.63) is 0 Å². The maximum atomic E-state index is 4.27. The molecule has 1 saturated heterocycles. The largest absolute Gasteiger partial charge is 0.313 e. The van der Waals surface area contributed by atoms with Crippen molar-refractivity contribution in [3.63, 3.8) is 0 Å². The summed E-state index contributed by atoms with van der Waals surface area (Å²) in [5.41, 5.74) is 0. The molecule has 0 saturated carbocycles. The van der Waals surface area contributed by atoms with E-state index in [1.807, 2.05) is 6.21 Å². The van der Waals surface area contributed by atoms with E-state index in [2.05, 4.69) is 22.4 Å². The Morgan fingerprint density at radius 1 is 1.50 bits per heavy atom. The van der Waals surface area contributed by atoms with E-state index in [1.165, 1.54) is 0 Å². The summed E-state index contributed by atoms with van der Waals surface area (Å²) in [6.07, 6.45) is 3.00. The van der Waals surface area contributed by atoms with Crippen LogP contribution in [0.4, 0.5) is 0 Å². The number of nitrogens with one attached hydrogen (secondary N) is 1. The van der Waals surface area contributed by atoms with Gasteiger partial charge in [0.05, 0.1) is 0 Å². The van der Waals surface area contributed by atoms with Gasteiger partial charge in [0.25, 0.3) is 0 Å². The molecule has 0 aromatic rings. The van der Waals surface area contributed by atoms with Crippen molar-refractivity contribution in [2.24, 2.45) is 5.10 Å². The van der Waals surface area contributed by atoms with E-state index < -0.39 is 0 Å². The molecule has 0 atom stereocenters. The molecule has 58 valence electrons. The molecular weight excluding hydrogens is 126 g/mol. The zero-order chi connectivity index (χ0) is 7.23.